The van der Waals surface area contributed by atoms with Crippen molar-refractivity contribution in [2.24, 2.45) is 5.92 Å². The van der Waals surface area contributed by atoms with E-state index < -0.39 is 0 Å². The average Bonchev–Trinajstić information content (AvgIpc) is 3.08. The second-order valence-electron chi connectivity index (χ2n) is 8.22. The molecular weight excluding hydrogens is 364 g/mol. The van der Waals surface area contributed by atoms with Crippen molar-refractivity contribution in [2.75, 3.05) is 40.3 Å². The zero-order valence-corrected chi connectivity index (χ0v) is 18.2. The smallest absolute Gasteiger partial charge is 0.226 e. The third-order valence-corrected chi connectivity index (χ3v) is 5.69. The number of piperidine rings is 1. The van der Waals surface area contributed by atoms with E-state index in [1.165, 1.54) is 5.56 Å². The van der Waals surface area contributed by atoms with Crippen molar-refractivity contribution in [2.45, 2.75) is 39.7 Å². The monoisotopic (exact) mass is 398 g/mol. The van der Waals surface area contributed by atoms with Crippen molar-refractivity contribution in [1.82, 2.24) is 20.1 Å². The summed E-state index contributed by atoms with van der Waals surface area (Å²) in [5.41, 5.74) is 3.32. The number of benzene rings is 1. The number of carbonyl (C=O) groups excluding carboxylic acids is 1. The fourth-order valence-electron chi connectivity index (χ4n) is 3.69. The fraction of sp³-hybridized carbons (Fsp3) is 0.565. The minimum Gasteiger partial charge on any atom is -0.441 e. The number of amides is 1. The molecule has 1 aliphatic heterocycles. The standard InChI is InChI=1S/C23H34N4O2/c1-5-18-6-8-20(9-7-18)23-25-21(17(2)29-23)16-27-13-10-19(11-14-27)22(28)24-12-15-26(3)4/h6-9,19H,5,10-16H2,1-4H3,(H,24,28). The Kier molecular flexibility index (Phi) is 7.45. The SMILES string of the molecule is CCc1ccc(-c2nc(CN3CCC(C(=O)NCCN(C)C)CC3)c(C)o2)cc1. The Morgan fingerprint density at radius 1 is 1.24 bits per heavy atom. The molecule has 29 heavy (non-hydrogen) atoms. The first-order valence-electron chi connectivity index (χ1n) is 10.7. The Labute approximate surface area is 174 Å². The molecule has 1 saturated heterocycles. The van der Waals surface area contributed by atoms with Gasteiger partial charge in [-0.2, -0.15) is 0 Å². The van der Waals surface area contributed by atoms with E-state index in [0.29, 0.717) is 12.4 Å². The molecule has 1 aromatic carbocycles. The molecule has 6 heteroatoms. The van der Waals surface area contributed by atoms with Gasteiger partial charge in [-0.15, -0.1) is 0 Å². The third kappa shape index (κ3) is 5.90. The lowest BCUT2D eigenvalue weighted by Gasteiger charge is -2.30. The summed E-state index contributed by atoms with van der Waals surface area (Å²) in [5.74, 6) is 1.89. The first kappa shape index (κ1) is 21.5. The molecule has 2 heterocycles. The van der Waals surface area contributed by atoms with E-state index in [1.807, 2.05) is 21.0 Å². The maximum atomic E-state index is 12.3. The minimum absolute atomic E-state index is 0.124. The largest absolute Gasteiger partial charge is 0.441 e. The highest BCUT2D eigenvalue weighted by atomic mass is 16.4. The van der Waals surface area contributed by atoms with Crippen LogP contribution < -0.4 is 5.32 Å². The summed E-state index contributed by atoms with van der Waals surface area (Å²) >= 11 is 0. The van der Waals surface area contributed by atoms with E-state index in [2.05, 4.69) is 46.3 Å². The van der Waals surface area contributed by atoms with Crippen LogP contribution in [0, 0.1) is 12.8 Å². The van der Waals surface area contributed by atoms with Crippen LogP contribution in [0.2, 0.25) is 0 Å². The first-order chi connectivity index (χ1) is 14.0. The van der Waals surface area contributed by atoms with Gasteiger partial charge in [-0.1, -0.05) is 19.1 Å². The number of hydrogen-bond donors (Lipinski definition) is 1. The zero-order chi connectivity index (χ0) is 20.8. The van der Waals surface area contributed by atoms with Crippen molar-refractivity contribution in [3.05, 3.63) is 41.3 Å². The van der Waals surface area contributed by atoms with Crippen LogP contribution >= 0.6 is 0 Å². The van der Waals surface area contributed by atoms with Crippen LogP contribution in [0.3, 0.4) is 0 Å². The van der Waals surface area contributed by atoms with Gasteiger partial charge in [0.25, 0.3) is 0 Å². The summed E-state index contributed by atoms with van der Waals surface area (Å²) in [6.07, 6.45) is 2.83. The van der Waals surface area contributed by atoms with Crippen molar-refractivity contribution in [3.8, 4) is 11.5 Å². The molecule has 1 aliphatic rings. The van der Waals surface area contributed by atoms with E-state index in [9.17, 15) is 4.79 Å². The average molecular weight is 399 g/mol. The quantitative estimate of drug-likeness (QED) is 0.740. The molecule has 1 N–H and O–H groups in total. The van der Waals surface area contributed by atoms with E-state index in [-0.39, 0.29) is 11.8 Å². The predicted molar refractivity (Wildman–Crippen MR) is 116 cm³/mol. The number of rotatable bonds is 8. The highest BCUT2D eigenvalue weighted by Gasteiger charge is 2.26. The highest BCUT2D eigenvalue weighted by molar-refractivity contribution is 5.78. The molecule has 0 unspecified atom stereocenters. The van der Waals surface area contributed by atoms with Crippen LogP contribution in [0.25, 0.3) is 11.5 Å². The summed E-state index contributed by atoms with van der Waals surface area (Å²) < 4.78 is 5.93. The molecule has 2 aromatic rings. The number of oxazole rings is 1. The van der Waals surface area contributed by atoms with Gasteiger partial charge < -0.3 is 14.6 Å². The molecule has 0 aliphatic carbocycles. The van der Waals surface area contributed by atoms with E-state index >= 15 is 0 Å². The minimum atomic E-state index is 0.124. The summed E-state index contributed by atoms with van der Waals surface area (Å²) in [6, 6.07) is 8.41. The molecule has 6 nitrogen and oxygen atoms in total. The van der Waals surface area contributed by atoms with Gasteiger partial charge in [0, 0.05) is 31.1 Å². The zero-order valence-electron chi connectivity index (χ0n) is 18.2. The highest BCUT2D eigenvalue weighted by Crippen LogP contribution is 2.25. The number of aromatic nitrogens is 1. The normalized spacial score (nSPS) is 15.8. The molecule has 1 aromatic heterocycles. The maximum absolute atomic E-state index is 12.3. The van der Waals surface area contributed by atoms with Crippen LogP contribution in [0.5, 0.6) is 0 Å². The number of nitrogens with zero attached hydrogens (tertiary/aromatic N) is 3. The summed E-state index contributed by atoms with van der Waals surface area (Å²) in [6.45, 7) is 8.33. The molecule has 0 bridgehead atoms. The van der Waals surface area contributed by atoms with Gasteiger partial charge in [0.05, 0.1) is 5.69 Å². The Hall–Kier alpha value is -2.18. The van der Waals surface area contributed by atoms with Gasteiger partial charge in [0.2, 0.25) is 11.8 Å². The van der Waals surface area contributed by atoms with Crippen LogP contribution in [0.15, 0.2) is 28.7 Å². The second kappa shape index (κ2) is 10.0. The van der Waals surface area contributed by atoms with Crippen LogP contribution in [0.1, 0.15) is 36.8 Å². The molecule has 0 saturated carbocycles. The van der Waals surface area contributed by atoms with Gasteiger partial charge in [-0.05, 0) is 71.1 Å². The van der Waals surface area contributed by atoms with Crippen LogP contribution in [-0.4, -0.2) is 61.0 Å². The molecular formula is C23H34N4O2. The van der Waals surface area contributed by atoms with Gasteiger partial charge in [-0.25, -0.2) is 4.98 Å². The Bertz CT molecular complexity index is 790. The number of likely N-dealkylation sites (tertiary alicyclic amines) is 1. The number of likely N-dealkylation sites (N-methyl/N-ethyl adjacent to an activating group) is 1. The summed E-state index contributed by atoms with van der Waals surface area (Å²) in [5, 5.41) is 3.06. The Morgan fingerprint density at radius 3 is 2.55 bits per heavy atom. The van der Waals surface area contributed by atoms with Crippen molar-refractivity contribution in [3.63, 3.8) is 0 Å². The van der Waals surface area contributed by atoms with Crippen LogP contribution in [0.4, 0.5) is 0 Å². The number of aryl methyl sites for hydroxylation is 2. The molecule has 158 valence electrons. The predicted octanol–water partition coefficient (Wildman–Crippen LogP) is 3.10. The Balaban J connectivity index is 1.51. The van der Waals surface area contributed by atoms with E-state index in [1.54, 1.807) is 0 Å². The van der Waals surface area contributed by atoms with E-state index in [0.717, 1.165) is 62.5 Å². The summed E-state index contributed by atoms with van der Waals surface area (Å²) in [7, 11) is 4.03. The van der Waals surface area contributed by atoms with Crippen molar-refractivity contribution in [1.29, 1.82) is 0 Å². The molecule has 3 rings (SSSR count). The third-order valence-electron chi connectivity index (χ3n) is 5.69. The summed E-state index contributed by atoms with van der Waals surface area (Å²) in [4.78, 5) is 21.5. The van der Waals surface area contributed by atoms with Gasteiger partial charge in [0.1, 0.15) is 5.76 Å². The van der Waals surface area contributed by atoms with Crippen molar-refractivity contribution < 1.29 is 9.21 Å². The maximum Gasteiger partial charge on any atom is 0.226 e. The van der Waals surface area contributed by atoms with Crippen molar-refractivity contribution >= 4 is 5.91 Å². The Morgan fingerprint density at radius 2 is 1.93 bits per heavy atom. The topological polar surface area (TPSA) is 61.6 Å². The lowest BCUT2D eigenvalue weighted by atomic mass is 9.96. The molecule has 0 radical (unpaired) electrons. The second-order valence-corrected chi connectivity index (χ2v) is 8.22. The molecule has 0 atom stereocenters. The lowest BCUT2D eigenvalue weighted by molar-refractivity contribution is -0.126. The molecule has 1 fully saturated rings. The van der Waals surface area contributed by atoms with Gasteiger partial charge in [-0.3, -0.25) is 9.69 Å². The van der Waals surface area contributed by atoms with Crippen LogP contribution in [-0.2, 0) is 17.8 Å². The van der Waals surface area contributed by atoms with E-state index in [4.69, 9.17) is 9.40 Å². The molecule has 1 amide bonds. The number of nitrogens with one attached hydrogen (secondary N) is 1. The van der Waals surface area contributed by atoms with Gasteiger partial charge in [0.15, 0.2) is 0 Å². The number of carbonyl (C=O) groups is 1. The molecule has 0 spiro atoms. The fourth-order valence-corrected chi connectivity index (χ4v) is 3.69. The number of hydrogen-bond acceptors (Lipinski definition) is 5. The lowest BCUT2D eigenvalue weighted by Crippen LogP contribution is -2.41. The van der Waals surface area contributed by atoms with Gasteiger partial charge >= 0.3 is 0 Å². The first-order valence-corrected chi connectivity index (χ1v) is 10.7.